The van der Waals surface area contributed by atoms with E-state index in [2.05, 4.69) is 5.32 Å². The Hall–Kier alpha value is -1.14. The summed E-state index contributed by atoms with van der Waals surface area (Å²) >= 11 is 0. The van der Waals surface area contributed by atoms with Gasteiger partial charge in [-0.05, 0) is 58.9 Å². The molecule has 0 aromatic carbocycles. The molecule has 0 spiro atoms. The lowest BCUT2D eigenvalue weighted by Crippen LogP contribution is -2.59. The summed E-state index contributed by atoms with van der Waals surface area (Å²) in [6, 6.07) is -0.232. The van der Waals surface area contributed by atoms with Crippen molar-refractivity contribution in [2.45, 2.75) is 136 Å². The smallest absolute Gasteiger partial charge is 0.309 e. The van der Waals surface area contributed by atoms with Crippen LogP contribution in [0.2, 0.25) is 0 Å². The Bertz CT molecular complexity index is 853. The average molecular weight is 574 g/mol. The van der Waals surface area contributed by atoms with Crippen molar-refractivity contribution < 1.29 is 43.9 Å². The Balaban J connectivity index is 2.59. The van der Waals surface area contributed by atoms with E-state index in [4.69, 9.17) is 18.9 Å². The summed E-state index contributed by atoms with van der Waals surface area (Å²) in [6.45, 7) is 16.0. The Morgan fingerprint density at radius 1 is 1.02 bits per heavy atom. The molecule has 0 bridgehead atoms. The minimum atomic E-state index is -1.83. The predicted octanol–water partition coefficient (Wildman–Crippen LogP) is 2.45. The van der Waals surface area contributed by atoms with Gasteiger partial charge in [0.15, 0.2) is 6.29 Å². The maximum absolute atomic E-state index is 13.6. The fourth-order valence-electron chi connectivity index (χ4n) is 6.56. The molecule has 2 heterocycles. The van der Waals surface area contributed by atoms with Crippen LogP contribution in [0, 0.1) is 29.6 Å². The maximum atomic E-state index is 13.6. The fourth-order valence-corrected chi connectivity index (χ4v) is 6.56. The lowest BCUT2D eigenvalue weighted by Gasteiger charge is -2.47. The summed E-state index contributed by atoms with van der Waals surface area (Å²) in [5.74, 6) is -3.45. The number of likely N-dealkylation sites (N-methyl/N-ethyl adjacent to an activating group) is 1. The Morgan fingerprint density at radius 2 is 1.62 bits per heavy atom. The van der Waals surface area contributed by atoms with Gasteiger partial charge in [0.1, 0.15) is 23.6 Å². The SMILES string of the molecule is CC[C@H]1OC(=O)[C@H](C)[C@@H](C)[C@H](C)[C@@H](O[C@@H]2O[C@H](C)C[C@H](NC)[C@H]2O)[C@@](C)(OC)C[C@@H](C)C(=O)[C@H](C)[C@@H](O)[C@]1(C)O. The Morgan fingerprint density at radius 3 is 2.15 bits per heavy atom. The van der Waals surface area contributed by atoms with E-state index in [1.165, 1.54) is 6.92 Å². The largest absolute Gasteiger partial charge is 0.459 e. The van der Waals surface area contributed by atoms with E-state index in [0.29, 0.717) is 6.42 Å². The third-order valence-corrected chi connectivity index (χ3v) is 9.83. The number of nitrogens with one attached hydrogen (secondary N) is 1. The lowest BCUT2D eigenvalue weighted by molar-refractivity contribution is -0.294. The molecule has 234 valence electrons. The number of rotatable bonds is 5. The second kappa shape index (κ2) is 13.9. The van der Waals surface area contributed by atoms with Gasteiger partial charge in [-0.2, -0.15) is 0 Å². The number of aliphatic hydroxyl groups is 3. The van der Waals surface area contributed by atoms with Crippen molar-refractivity contribution in [3.8, 4) is 0 Å². The molecule has 2 aliphatic heterocycles. The minimum absolute atomic E-state index is 0.165. The van der Waals surface area contributed by atoms with Crippen LogP contribution in [0.25, 0.3) is 0 Å². The van der Waals surface area contributed by atoms with E-state index in [0.717, 1.165) is 0 Å². The van der Waals surface area contributed by atoms with Gasteiger partial charge in [-0.15, -0.1) is 0 Å². The summed E-state index contributed by atoms with van der Waals surface area (Å²) in [4.78, 5) is 27.0. The highest BCUT2D eigenvalue weighted by Crippen LogP contribution is 2.40. The number of ether oxygens (including phenoxy) is 4. The van der Waals surface area contributed by atoms with Gasteiger partial charge in [0.2, 0.25) is 0 Å². The zero-order chi connectivity index (χ0) is 30.7. The Labute approximate surface area is 240 Å². The quantitative estimate of drug-likeness (QED) is 0.362. The van der Waals surface area contributed by atoms with Crippen molar-refractivity contribution in [1.82, 2.24) is 5.32 Å². The van der Waals surface area contributed by atoms with Crippen LogP contribution in [0.3, 0.4) is 0 Å². The van der Waals surface area contributed by atoms with E-state index in [1.54, 1.807) is 41.9 Å². The van der Waals surface area contributed by atoms with E-state index in [-0.39, 0.29) is 42.6 Å². The second-order valence-electron chi connectivity index (χ2n) is 12.8. The van der Waals surface area contributed by atoms with Crippen LogP contribution in [0.1, 0.15) is 81.6 Å². The number of esters is 1. The molecule has 0 amide bonds. The van der Waals surface area contributed by atoms with Gasteiger partial charge in [-0.25, -0.2) is 0 Å². The number of Topliss-reactive ketones (excluding diaryl/α,β-unsaturated/α-hetero) is 1. The van der Waals surface area contributed by atoms with Crippen molar-refractivity contribution in [2.24, 2.45) is 29.6 Å². The first-order valence-corrected chi connectivity index (χ1v) is 14.8. The highest BCUT2D eigenvalue weighted by atomic mass is 16.7. The van der Waals surface area contributed by atoms with Crippen molar-refractivity contribution in [3.63, 3.8) is 0 Å². The maximum Gasteiger partial charge on any atom is 0.309 e. The van der Waals surface area contributed by atoms with Gasteiger partial charge in [-0.3, -0.25) is 9.59 Å². The zero-order valence-corrected chi connectivity index (χ0v) is 26.3. The van der Waals surface area contributed by atoms with E-state index >= 15 is 0 Å². The van der Waals surface area contributed by atoms with Crippen LogP contribution >= 0.6 is 0 Å². The summed E-state index contributed by atoms with van der Waals surface area (Å²) < 4.78 is 24.5. The van der Waals surface area contributed by atoms with Gasteiger partial charge in [0, 0.05) is 25.0 Å². The molecule has 0 saturated carbocycles. The molecule has 0 radical (unpaired) electrons. The van der Waals surface area contributed by atoms with Crippen molar-refractivity contribution in [1.29, 1.82) is 0 Å². The monoisotopic (exact) mass is 573 g/mol. The number of methoxy groups -OCH3 is 1. The minimum Gasteiger partial charge on any atom is -0.459 e. The molecule has 4 N–H and O–H groups in total. The Kier molecular flexibility index (Phi) is 12.2. The van der Waals surface area contributed by atoms with Crippen LogP contribution < -0.4 is 5.32 Å². The number of carbonyl (C=O) groups is 2. The number of aliphatic hydroxyl groups excluding tert-OH is 2. The van der Waals surface area contributed by atoms with Crippen molar-refractivity contribution in [2.75, 3.05) is 14.2 Å². The molecular formula is C30H55NO9. The molecule has 0 unspecified atom stereocenters. The number of hydrogen-bond donors (Lipinski definition) is 4. The van der Waals surface area contributed by atoms with E-state index in [1.807, 2.05) is 27.7 Å². The first kappa shape index (κ1) is 35.1. The normalized spacial score (nSPS) is 48.4. The van der Waals surface area contributed by atoms with Crippen LogP contribution in [0.5, 0.6) is 0 Å². The van der Waals surface area contributed by atoms with Crippen molar-refractivity contribution >= 4 is 11.8 Å². The van der Waals surface area contributed by atoms with Crippen LogP contribution in [0.15, 0.2) is 0 Å². The average Bonchev–Trinajstić information content (AvgIpc) is 2.92. The van der Waals surface area contributed by atoms with Gasteiger partial charge in [-0.1, -0.05) is 41.5 Å². The zero-order valence-electron chi connectivity index (χ0n) is 26.3. The molecule has 2 rings (SSSR count). The summed E-state index contributed by atoms with van der Waals surface area (Å²) in [7, 11) is 3.34. The first-order chi connectivity index (χ1) is 18.5. The highest BCUT2D eigenvalue weighted by molar-refractivity contribution is 5.83. The lowest BCUT2D eigenvalue weighted by atomic mass is 9.72. The number of cyclic esters (lactones) is 1. The molecule has 2 fully saturated rings. The molecule has 0 aromatic rings. The summed E-state index contributed by atoms with van der Waals surface area (Å²) in [5, 5.41) is 36.7. The van der Waals surface area contributed by atoms with Gasteiger partial charge >= 0.3 is 5.97 Å². The van der Waals surface area contributed by atoms with Gasteiger partial charge < -0.3 is 39.6 Å². The van der Waals surface area contributed by atoms with E-state index < -0.39 is 65.6 Å². The van der Waals surface area contributed by atoms with Gasteiger partial charge in [0.25, 0.3) is 0 Å². The summed E-state index contributed by atoms with van der Waals surface area (Å²) in [5.41, 5.74) is -2.86. The standard InChI is InChI=1S/C30H55NO9/c1-12-22-30(9,36)25(34)20(7)23(32)15(2)14-29(8,37-11)26(18(5)17(4)19(6)27(35)39-22)40-28-24(33)21(31-10)13-16(3)38-28/h15-22,24-26,28,31,33-34,36H,12-14H2,1-11H3/t15-,16-,17+,18+,19-,20+,21+,22-,24-,25-,26-,28+,29+,30-/m1/s1. The molecule has 0 aliphatic carbocycles. The highest BCUT2D eigenvalue weighted by Gasteiger charge is 2.51. The molecule has 40 heavy (non-hydrogen) atoms. The third kappa shape index (κ3) is 7.25. The molecule has 14 atom stereocenters. The third-order valence-electron chi connectivity index (χ3n) is 9.83. The fraction of sp³-hybridized carbons (Fsp3) is 0.933. The second-order valence-corrected chi connectivity index (χ2v) is 12.8. The molecule has 10 heteroatoms. The van der Waals surface area contributed by atoms with Crippen LogP contribution in [-0.4, -0.2) is 95.3 Å². The topological polar surface area (TPSA) is 144 Å². The van der Waals surface area contributed by atoms with Crippen LogP contribution in [0.4, 0.5) is 0 Å². The predicted molar refractivity (Wildman–Crippen MR) is 150 cm³/mol. The first-order valence-electron chi connectivity index (χ1n) is 14.8. The number of ketones is 1. The van der Waals surface area contributed by atoms with Gasteiger partial charge in [0.05, 0.1) is 29.8 Å². The van der Waals surface area contributed by atoms with Crippen molar-refractivity contribution in [3.05, 3.63) is 0 Å². The summed E-state index contributed by atoms with van der Waals surface area (Å²) in [6.07, 6.45) is -4.09. The molecule has 2 aliphatic rings. The molecular weight excluding hydrogens is 518 g/mol. The molecule has 0 aromatic heterocycles. The molecule has 2 saturated heterocycles. The van der Waals surface area contributed by atoms with Crippen LogP contribution in [-0.2, 0) is 28.5 Å². The number of hydrogen-bond acceptors (Lipinski definition) is 10. The van der Waals surface area contributed by atoms with E-state index in [9.17, 15) is 24.9 Å². The molecule has 10 nitrogen and oxygen atoms in total. The number of carbonyl (C=O) groups excluding carboxylic acids is 2.